The summed E-state index contributed by atoms with van der Waals surface area (Å²) in [5, 5.41) is 2.87. The lowest BCUT2D eigenvalue weighted by Gasteiger charge is -2.00. The van der Waals surface area contributed by atoms with Crippen molar-refractivity contribution in [2.75, 3.05) is 5.73 Å². The Morgan fingerprint density at radius 3 is 2.58 bits per heavy atom. The molecule has 118 valence electrons. The number of fused-ring (bicyclic) bond motifs is 1. The van der Waals surface area contributed by atoms with E-state index in [0.717, 1.165) is 26.4 Å². The van der Waals surface area contributed by atoms with Gasteiger partial charge in [0, 0.05) is 10.9 Å². The van der Waals surface area contributed by atoms with Gasteiger partial charge in [-0.25, -0.2) is 4.98 Å². The summed E-state index contributed by atoms with van der Waals surface area (Å²) in [6.07, 6.45) is 0. The molecule has 4 rings (SSSR count). The summed E-state index contributed by atoms with van der Waals surface area (Å²) in [7, 11) is 0. The Hall–Kier alpha value is -2.50. The standard InChI is InChI=1S/C19H14N2OS2/c1-11-4-6-12(7-5-11)17(22)18-16(20)13-8-9-14(21-19(13)24-18)15-3-2-10-23-15/h2-10H,20H2,1H3. The quantitative estimate of drug-likeness (QED) is 0.520. The molecule has 3 nitrogen and oxygen atoms in total. The molecule has 3 aromatic heterocycles. The Bertz CT molecular complexity index is 1030. The van der Waals surface area contributed by atoms with Crippen LogP contribution in [0.5, 0.6) is 0 Å². The van der Waals surface area contributed by atoms with Crippen molar-refractivity contribution in [3.63, 3.8) is 0 Å². The summed E-state index contributed by atoms with van der Waals surface area (Å²) in [4.78, 5) is 19.9. The highest BCUT2D eigenvalue weighted by atomic mass is 32.1. The number of carbonyl (C=O) groups is 1. The number of hydrogen-bond acceptors (Lipinski definition) is 5. The Morgan fingerprint density at radius 2 is 1.88 bits per heavy atom. The van der Waals surface area contributed by atoms with Crippen LogP contribution in [0.25, 0.3) is 20.8 Å². The Morgan fingerprint density at radius 1 is 1.08 bits per heavy atom. The van der Waals surface area contributed by atoms with Gasteiger partial charge in [-0.3, -0.25) is 4.79 Å². The summed E-state index contributed by atoms with van der Waals surface area (Å²) in [5.74, 6) is -0.0480. The SMILES string of the molecule is Cc1ccc(C(=O)c2sc3nc(-c4cccs4)ccc3c2N)cc1. The van der Waals surface area contributed by atoms with Crippen molar-refractivity contribution >= 4 is 44.4 Å². The molecule has 0 aliphatic carbocycles. The number of nitrogens with zero attached hydrogens (tertiary/aromatic N) is 1. The maximum absolute atomic E-state index is 12.8. The third-order valence-corrected chi connectivity index (χ3v) is 5.89. The second-order valence-corrected chi connectivity index (χ2v) is 7.51. The van der Waals surface area contributed by atoms with Gasteiger partial charge in [-0.2, -0.15) is 0 Å². The average molecular weight is 350 g/mol. The largest absolute Gasteiger partial charge is 0.397 e. The van der Waals surface area contributed by atoms with Gasteiger partial charge in [0.05, 0.1) is 16.3 Å². The Kier molecular flexibility index (Phi) is 3.67. The van der Waals surface area contributed by atoms with E-state index < -0.39 is 0 Å². The molecule has 1 aromatic carbocycles. The first-order chi connectivity index (χ1) is 11.6. The number of nitrogen functional groups attached to an aromatic ring is 1. The molecule has 0 unspecified atom stereocenters. The molecular formula is C19H14N2OS2. The zero-order chi connectivity index (χ0) is 16.7. The third kappa shape index (κ3) is 2.52. The summed E-state index contributed by atoms with van der Waals surface area (Å²) >= 11 is 3.01. The summed E-state index contributed by atoms with van der Waals surface area (Å²) in [5.41, 5.74) is 9.43. The van der Waals surface area contributed by atoms with Crippen LogP contribution in [0.3, 0.4) is 0 Å². The van der Waals surface area contributed by atoms with Gasteiger partial charge in [0.2, 0.25) is 5.78 Å². The lowest BCUT2D eigenvalue weighted by Crippen LogP contribution is -2.01. The van der Waals surface area contributed by atoms with Crippen LogP contribution >= 0.6 is 22.7 Å². The molecule has 0 saturated carbocycles. The summed E-state index contributed by atoms with van der Waals surface area (Å²) < 4.78 is 0. The second kappa shape index (κ2) is 5.85. The first-order valence-corrected chi connectivity index (χ1v) is 9.17. The first kappa shape index (κ1) is 15.1. The van der Waals surface area contributed by atoms with Gasteiger partial charge in [0.25, 0.3) is 0 Å². The molecule has 0 aliphatic rings. The smallest absolute Gasteiger partial charge is 0.205 e. The van der Waals surface area contributed by atoms with E-state index in [1.165, 1.54) is 11.3 Å². The zero-order valence-corrected chi connectivity index (χ0v) is 14.6. The van der Waals surface area contributed by atoms with Crippen LogP contribution in [0.4, 0.5) is 5.69 Å². The molecule has 0 atom stereocenters. The molecule has 0 spiro atoms. The van der Waals surface area contributed by atoms with Gasteiger partial charge < -0.3 is 5.73 Å². The van der Waals surface area contributed by atoms with Crippen molar-refractivity contribution in [1.29, 1.82) is 0 Å². The van der Waals surface area contributed by atoms with Crippen LogP contribution in [-0.4, -0.2) is 10.8 Å². The van der Waals surface area contributed by atoms with Crippen molar-refractivity contribution in [2.45, 2.75) is 6.92 Å². The lowest BCUT2D eigenvalue weighted by molar-refractivity contribution is 0.104. The van der Waals surface area contributed by atoms with Gasteiger partial charge in [-0.1, -0.05) is 35.9 Å². The number of nitrogens with two attached hydrogens (primary N) is 1. The number of anilines is 1. The van der Waals surface area contributed by atoms with Gasteiger partial charge in [0.15, 0.2) is 0 Å². The molecule has 5 heteroatoms. The normalized spacial score (nSPS) is 11.0. The Balaban J connectivity index is 1.80. The number of benzene rings is 1. The zero-order valence-electron chi connectivity index (χ0n) is 12.9. The fourth-order valence-electron chi connectivity index (χ4n) is 2.56. The van der Waals surface area contributed by atoms with Gasteiger partial charge in [-0.05, 0) is 30.5 Å². The van der Waals surface area contributed by atoms with Crippen molar-refractivity contribution < 1.29 is 4.79 Å². The maximum Gasteiger partial charge on any atom is 0.205 e. The number of rotatable bonds is 3. The van der Waals surface area contributed by atoms with Gasteiger partial charge in [0.1, 0.15) is 9.71 Å². The minimum Gasteiger partial charge on any atom is -0.397 e. The van der Waals surface area contributed by atoms with Gasteiger partial charge >= 0.3 is 0 Å². The maximum atomic E-state index is 12.8. The fraction of sp³-hybridized carbons (Fsp3) is 0.0526. The molecule has 2 N–H and O–H groups in total. The van der Waals surface area contributed by atoms with Crippen LogP contribution in [0.1, 0.15) is 20.8 Å². The van der Waals surface area contributed by atoms with Crippen molar-refractivity contribution in [3.05, 3.63) is 69.9 Å². The van der Waals surface area contributed by atoms with Crippen LogP contribution in [0.15, 0.2) is 53.9 Å². The second-order valence-electron chi connectivity index (χ2n) is 5.57. The van der Waals surface area contributed by atoms with Crippen LogP contribution < -0.4 is 5.73 Å². The molecule has 0 amide bonds. The molecule has 24 heavy (non-hydrogen) atoms. The number of aromatic nitrogens is 1. The molecule has 0 fully saturated rings. The number of carbonyl (C=O) groups excluding carboxylic acids is 1. The van der Waals surface area contributed by atoms with E-state index in [9.17, 15) is 4.79 Å². The van der Waals surface area contributed by atoms with E-state index in [1.807, 2.05) is 60.8 Å². The van der Waals surface area contributed by atoms with Crippen molar-refractivity contribution in [3.8, 4) is 10.6 Å². The van der Waals surface area contributed by atoms with E-state index in [-0.39, 0.29) is 5.78 Å². The lowest BCUT2D eigenvalue weighted by atomic mass is 10.1. The Labute approximate surface area is 147 Å². The number of aryl methyl sites for hydroxylation is 1. The van der Waals surface area contributed by atoms with Crippen LogP contribution in [0.2, 0.25) is 0 Å². The van der Waals surface area contributed by atoms with E-state index in [1.54, 1.807) is 11.3 Å². The fourth-order valence-corrected chi connectivity index (χ4v) is 4.31. The van der Waals surface area contributed by atoms with Crippen LogP contribution in [0, 0.1) is 6.92 Å². The molecule has 0 saturated heterocycles. The van der Waals surface area contributed by atoms with Gasteiger partial charge in [-0.15, -0.1) is 22.7 Å². The molecule has 0 radical (unpaired) electrons. The number of ketones is 1. The van der Waals surface area contributed by atoms with Crippen molar-refractivity contribution in [1.82, 2.24) is 4.98 Å². The van der Waals surface area contributed by atoms with E-state index in [4.69, 9.17) is 5.73 Å². The van der Waals surface area contributed by atoms with Crippen LogP contribution in [-0.2, 0) is 0 Å². The molecule has 4 aromatic rings. The third-order valence-electron chi connectivity index (χ3n) is 3.89. The highest BCUT2D eigenvalue weighted by Crippen LogP contribution is 2.36. The highest BCUT2D eigenvalue weighted by Gasteiger charge is 2.19. The molecule has 0 bridgehead atoms. The summed E-state index contributed by atoms with van der Waals surface area (Å²) in [6.45, 7) is 2.00. The molecule has 0 aliphatic heterocycles. The predicted molar refractivity (Wildman–Crippen MR) is 102 cm³/mol. The van der Waals surface area contributed by atoms with E-state index >= 15 is 0 Å². The van der Waals surface area contributed by atoms with Crippen molar-refractivity contribution in [2.24, 2.45) is 0 Å². The number of hydrogen-bond donors (Lipinski definition) is 1. The summed E-state index contributed by atoms with van der Waals surface area (Å²) in [6, 6.07) is 15.5. The molecular weight excluding hydrogens is 336 g/mol. The monoisotopic (exact) mass is 350 g/mol. The highest BCUT2D eigenvalue weighted by molar-refractivity contribution is 7.21. The average Bonchev–Trinajstić information content (AvgIpc) is 3.23. The van der Waals surface area contributed by atoms with E-state index in [2.05, 4.69) is 4.98 Å². The molecule has 3 heterocycles. The minimum absolute atomic E-state index is 0.0480. The topological polar surface area (TPSA) is 56.0 Å². The number of pyridine rings is 1. The number of thiophene rings is 2. The first-order valence-electron chi connectivity index (χ1n) is 7.48. The predicted octanol–water partition coefficient (Wildman–Crippen LogP) is 5.15. The van der Waals surface area contributed by atoms with E-state index in [0.29, 0.717) is 16.1 Å². The minimum atomic E-state index is -0.0480.